The van der Waals surface area contributed by atoms with E-state index in [0.29, 0.717) is 0 Å². The summed E-state index contributed by atoms with van der Waals surface area (Å²) in [7, 11) is 1.55. The summed E-state index contributed by atoms with van der Waals surface area (Å²) in [6.07, 6.45) is 3.49. The normalized spacial score (nSPS) is 18.1. The topological polar surface area (TPSA) is 49.8 Å². The minimum absolute atomic E-state index is 0.280. The Kier molecular flexibility index (Phi) is 5.05. The van der Waals surface area contributed by atoms with Gasteiger partial charge >= 0.3 is 5.97 Å². The third-order valence-corrected chi connectivity index (χ3v) is 2.75. The van der Waals surface area contributed by atoms with Crippen LogP contribution in [0, 0.1) is 5.92 Å². The fraction of sp³-hybridized carbons (Fsp3) is 0.909. The van der Waals surface area contributed by atoms with Crippen LogP contribution >= 0.6 is 0 Å². The molecule has 0 spiro atoms. The highest BCUT2D eigenvalue weighted by molar-refractivity contribution is 5.73. The van der Waals surface area contributed by atoms with Crippen LogP contribution in [-0.2, 0) is 9.53 Å². The molecule has 1 aliphatic carbocycles. The van der Waals surface area contributed by atoms with Crippen LogP contribution in [0.25, 0.3) is 0 Å². The van der Waals surface area contributed by atoms with Crippen molar-refractivity contribution in [2.24, 2.45) is 5.92 Å². The molecule has 1 N–H and O–H groups in total. The number of hydrogen-bond donors (Lipinski definition) is 1. The maximum atomic E-state index is 11.1. The van der Waals surface area contributed by atoms with Crippen molar-refractivity contribution >= 4 is 5.97 Å². The van der Waals surface area contributed by atoms with Gasteiger partial charge in [0.25, 0.3) is 0 Å². The Hall–Kier alpha value is -0.610. The maximum absolute atomic E-state index is 11.1. The Bertz CT molecular complexity index is 204. The van der Waals surface area contributed by atoms with Crippen molar-refractivity contribution in [3.63, 3.8) is 0 Å². The quantitative estimate of drug-likeness (QED) is 0.661. The van der Waals surface area contributed by atoms with Crippen molar-refractivity contribution in [2.45, 2.75) is 32.2 Å². The number of aliphatic carboxylic acids is 1. The highest BCUT2D eigenvalue weighted by Gasteiger charge is 2.30. The van der Waals surface area contributed by atoms with E-state index in [-0.39, 0.29) is 6.61 Å². The molecule has 1 atom stereocenters. The molecule has 4 heteroatoms. The maximum Gasteiger partial charge on any atom is 0.323 e. The van der Waals surface area contributed by atoms with E-state index in [1.807, 2.05) is 4.90 Å². The van der Waals surface area contributed by atoms with Crippen LogP contribution in [0.5, 0.6) is 0 Å². The molecule has 0 aliphatic heterocycles. The minimum Gasteiger partial charge on any atom is -0.480 e. The van der Waals surface area contributed by atoms with E-state index in [1.165, 1.54) is 12.8 Å². The van der Waals surface area contributed by atoms with E-state index in [1.54, 1.807) is 7.11 Å². The molecule has 1 aliphatic rings. The van der Waals surface area contributed by atoms with Crippen LogP contribution in [0.15, 0.2) is 0 Å². The average Bonchev–Trinajstić information content (AvgIpc) is 2.97. The van der Waals surface area contributed by atoms with Gasteiger partial charge in [-0.1, -0.05) is 6.92 Å². The van der Waals surface area contributed by atoms with Crippen LogP contribution in [-0.4, -0.2) is 48.8 Å². The third-order valence-electron chi connectivity index (χ3n) is 2.75. The number of rotatable bonds is 8. The third kappa shape index (κ3) is 4.18. The highest BCUT2D eigenvalue weighted by Crippen LogP contribution is 2.30. The summed E-state index contributed by atoms with van der Waals surface area (Å²) in [4.78, 5) is 13.1. The lowest BCUT2D eigenvalue weighted by Crippen LogP contribution is -2.45. The first-order valence-electron chi connectivity index (χ1n) is 5.64. The van der Waals surface area contributed by atoms with Gasteiger partial charge in [-0.05, 0) is 31.7 Å². The van der Waals surface area contributed by atoms with Crippen molar-refractivity contribution < 1.29 is 14.6 Å². The fourth-order valence-corrected chi connectivity index (χ4v) is 1.78. The summed E-state index contributed by atoms with van der Waals surface area (Å²) in [6.45, 7) is 4.11. The molecule has 1 rings (SSSR count). The van der Waals surface area contributed by atoms with Gasteiger partial charge in [-0.3, -0.25) is 9.69 Å². The summed E-state index contributed by atoms with van der Waals surface area (Å²) < 4.78 is 4.97. The lowest BCUT2D eigenvalue weighted by Gasteiger charge is -2.27. The van der Waals surface area contributed by atoms with E-state index in [2.05, 4.69) is 6.92 Å². The van der Waals surface area contributed by atoms with Crippen molar-refractivity contribution in [2.75, 3.05) is 26.8 Å². The van der Waals surface area contributed by atoms with Gasteiger partial charge in [0, 0.05) is 13.7 Å². The second-order valence-corrected chi connectivity index (χ2v) is 4.25. The Morgan fingerprint density at radius 3 is 2.67 bits per heavy atom. The van der Waals surface area contributed by atoms with E-state index >= 15 is 0 Å². The van der Waals surface area contributed by atoms with E-state index in [0.717, 1.165) is 25.4 Å². The SMILES string of the molecule is CCCN(CC1CC1)C(COC)C(=O)O. The molecule has 0 aromatic carbocycles. The van der Waals surface area contributed by atoms with Crippen molar-refractivity contribution in [1.29, 1.82) is 0 Å². The Morgan fingerprint density at radius 1 is 1.60 bits per heavy atom. The zero-order chi connectivity index (χ0) is 11.3. The number of nitrogens with zero attached hydrogens (tertiary/aromatic N) is 1. The zero-order valence-electron chi connectivity index (χ0n) is 9.61. The van der Waals surface area contributed by atoms with Gasteiger partial charge in [0.2, 0.25) is 0 Å². The van der Waals surface area contributed by atoms with Gasteiger partial charge in [-0.2, -0.15) is 0 Å². The molecule has 0 radical (unpaired) electrons. The highest BCUT2D eigenvalue weighted by atomic mass is 16.5. The second kappa shape index (κ2) is 6.08. The molecule has 1 saturated carbocycles. The Morgan fingerprint density at radius 2 is 2.27 bits per heavy atom. The number of carboxylic acids is 1. The van der Waals surface area contributed by atoms with Crippen molar-refractivity contribution in [1.82, 2.24) is 4.90 Å². The monoisotopic (exact) mass is 215 g/mol. The molecule has 0 amide bonds. The first-order valence-corrected chi connectivity index (χ1v) is 5.64. The molecule has 0 heterocycles. The molecule has 15 heavy (non-hydrogen) atoms. The summed E-state index contributed by atoms with van der Waals surface area (Å²) >= 11 is 0. The molecule has 4 nitrogen and oxygen atoms in total. The number of ether oxygens (including phenoxy) is 1. The number of carbonyl (C=O) groups is 1. The first kappa shape index (κ1) is 12.5. The predicted octanol–water partition coefficient (Wildman–Crippen LogP) is 1.21. The lowest BCUT2D eigenvalue weighted by molar-refractivity contribution is -0.145. The van der Waals surface area contributed by atoms with Crippen molar-refractivity contribution in [3.05, 3.63) is 0 Å². The average molecular weight is 215 g/mol. The minimum atomic E-state index is -0.772. The fourth-order valence-electron chi connectivity index (χ4n) is 1.78. The predicted molar refractivity (Wildman–Crippen MR) is 57.9 cm³/mol. The van der Waals surface area contributed by atoms with Gasteiger partial charge in [-0.25, -0.2) is 0 Å². The summed E-state index contributed by atoms with van der Waals surface area (Å²) in [5.74, 6) is -0.0544. The lowest BCUT2D eigenvalue weighted by atomic mass is 10.2. The molecule has 1 unspecified atom stereocenters. The first-order chi connectivity index (χ1) is 7.19. The number of methoxy groups -OCH3 is 1. The van der Waals surface area contributed by atoms with Gasteiger partial charge in [0.15, 0.2) is 0 Å². The molecular formula is C11H21NO3. The molecular weight excluding hydrogens is 194 g/mol. The van der Waals surface area contributed by atoms with Crippen molar-refractivity contribution in [3.8, 4) is 0 Å². The van der Waals surface area contributed by atoms with Gasteiger partial charge in [0.1, 0.15) is 6.04 Å². The van der Waals surface area contributed by atoms with E-state index in [9.17, 15) is 4.79 Å². The Balaban J connectivity index is 2.50. The zero-order valence-corrected chi connectivity index (χ0v) is 9.61. The number of hydrogen-bond acceptors (Lipinski definition) is 3. The number of carboxylic acid groups (broad SMARTS) is 1. The largest absolute Gasteiger partial charge is 0.480 e. The smallest absolute Gasteiger partial charge is 0.323 e. The van der Waals surface area contributed by atoms with Gasteiger partial charge in [-0.15, -0.1) is 0 Å². The molecule has 0 aromatic heterocycles. The van der Waals surface area contributed by atoms with Gasteiger partial charge in [0.05, 0.1) is 6.61 Å². The molecule has 0 bridgehead atoms. The molecule has 0 saturated heterocycles. The molecule has 0 aromatic rings. The molecule has 88 valence electrons. The van der Waals surface area contributed by atoms with E-state index < -0.39 is 12.0 Å². The second-order valence-electron chi connectivity index (χ2n) is 4.25. The summed E-state index contributed by atoms with van der Waals surface area (Å²) in [6, 6.07) is -0.476. The van der Waals surface area contributed by atoms with Crippen LogP contribution in [0.3, 0.4) is 0 Å². The van der Waals surface area contributed by atoms with Crippen LogP contribution in [0.2, 0.25) is 0 Å². The Labute approximate surface area is 91.2 Å². The van der Waals surface area contributed by atoms with Crippen LogP contribution < -0.4 is 0 Å². The summed E-state index contributed by atoms with van der Waals surface area (Å²) in [5, 5.41) is 9.11. The van der Waals surface area contributed by atoms with Gasteiger partial charge < -0.3 is 9.84 Å². The summed E-state index contributed by atoms with van der Waals surface area (Å²) in [5.41, 5.74) is 0. The van der Waals surface area contributed by atoms with Crippen LogP contribution in [0.1, 0.15) is 26.2 Å². The van der Waals surface area contributed by atoms with Crippen LogP contribution in [0.4, 0.5) is 0 Å². The van der Waals surface area contributed by atoms with E-state index in [4.69, 9.17) is 9.84 Å². The standard InChI is InChI=1S/C11H21NO3/c1-3-6-12(7-9-4-5-9)10(8-15-2)11(13)14/h9-10H,3-8H2,1-2H3,(H,13,14). The molecule has 1 fully saturated rings.